The van der Waals surface area contributed by atoms with Gasteiger partial charge < -0.3 is 9.53 Å². The van der Waals surface area contributed by atoms with Crippen molar-refractivity contribution in [1.29, 1.82) is 0 Å². The molecule has 1 aliphatic heterocycles. The first kappa shape index (κ1) is 16.5. The molecule has 1 rings (SSSR count). The van der Waals surface area contributed by atoms with Crippen molar-refractivity contribution in [2.24, 2.45) is 28.8 Å². The quantitative estimate of drug-likeness (QED) is 0.236. The summed E-state index contributed by atoms with van der Waals surface area (Å²) < 4.78 is 5.36. The van der Waals surface area contributed by atoms with Crippen LogP contribution in [0, 0.1) is 23.7 Å². The third-order valence-electron chi connectivity index (χ3n) is 4.04. The molecule has 0 radical (unpaired) electrons. The molecule has 1 aliphatic rings. The molecule has 4 atom stereocenters. The van der Waals surface area contributed by atoms with Crippen molar-refractivity contribution in [1.82, 2.24) is 0 Å². The van der Waals surface area contributed by atoms with Crippen molar-refractivity contribution < 1.29 is 14.3 Å². The van der Waals surface area contributed by atoms with Crippen LogP contribution in [0.3, 0.4) is 0 Å². The molecule has 0 amide bonds. The summed E-state index contributed by atoms with van der Waals surface area (Å²) in [5.41, 5.74) is 8.69. The Kier molecular flexibility index (Phi) is 6.02. The van der Waals surface area contributed by atoms with Crippen LogP contribution in [-0.4, -0.2) is 24.4 Å². The van der Waals surface area contributed by atoms with Gasteiger partial charge in [-0.05, 0) is 30.2 Å². The Bertz CT molecular complexity index is 402. The lowest BCUT2D eigenvalue weighted by molar-refractivity contribution is -0.145. The van der Waals surface area contributed by atoms with E-state index >= 15 is 0 Å². The fourth-order valence-corrected chi connectivity index (χ4v) is 2.51. The van der Waals surface area contributed by atoms with Gasteiger partial charge in [-0.15, -0.1) is 0 Å². The van der Waals surface area contributed by atoms with E-state index in [2.05, 4.69) is 10.0 Å². The number of carbonyl (C=O) groups excluding carboxylic acids is 2. The number of aldehydes is 1. The summed E-state index contributed by atoms with van der Waals surface area (Å²) in [6.07, 6.45) is 1.46. The maximum Gasteiger partial charge on any atom is 0.309 e. The van der Waals surface area contributed by atoms with Crippen LogP contribution < -0.4 is 0 Å². The molecule has 6 heteroatoms. The number of carbonyl (C=O) groups is 2. The number of esters is 1. The summed E-state index contributed by atoms with van der Waals surface area (Å²) in [5.74, 6) is -0.198. The van der Waals surface area contributed by atoms with Gasteiger partial charge in [0.2, 0.25) is 0 Å². The number of azide groups is 1. The Morgan fingerprint density at radius 2 is 2.10 bits per heavy atom. The molecule has 0 aromatic rings. The number of rotatable bonds is 7. The molecular formula is C14H23N3O3. The van der Waals surface area contributed by atoms with Gasteiger partial charge >= 0.3 is 5.97 Å². The molecule has 0 aliphatic carbocycles. The second-order valence-electron chi connectivity index (χ2n) is 6.11. The molecule has 0 N–H and O–H groups in total. The fourth-order valence-electron chi connectivity index (χ4n) is 2.51. The summed E-state index contributed by atoms with van der Waals surface area (Å²) >= 11 is 0. The van der Waals surface area contributed by atoms with Gasteiger partial charge in [-0.25, -0.2) is 0 Å². The molecule has 0 aromatic carbocycles. The maximum atomic E-state index is 11.8. The van der Waals surface area contributed by atoms with Crippen molar-refractivity contribution >= 4 is 12.3 Å². The smallest absolute Gasteiger partial charge is 0.309 e. The topological polar surface area (TPSA) is 92.1 Å². The largest absolute Gasteiger partial charge is 0.462 e. The molecule has 0 saturated carbocycles. The second-order valence-corrected chi connectivity index (χ2v) is 6.11. The van der Waals surface area contributed by atoms with E-state index < -0.39 is 12.1 Å². The normalized spacial score (nSPS) is 25.2. The number of hydrogen-bond donors (Lipinski definition) is 0. The molecule has 0 unspecified atom stereocenters. The van der Waals surface area contributed by atoms with Crippen molar-refractivity contribution in [2.45, 2.75) is 52.7 Å². The van der Waals surface area contributed by atoms with Gasteiger partial charge in [-0.2, -0.15) is 0 Å². The Hall–Kier alpha value is -1.55. The van der Waals surface area contributed by atoms with Crippen LogP contribution in [0.1, 0.15) is 40.5 Å². The fraction of sp³-hybridized carbons (Fsp3) is 0.857. The van der Waals surface area contributed by atoms with Crippen LogP contribution in [0.5, 0.6) is 0 Å². The third kappa shape index (κ3) is 3.97. The molecular weight excluding hydrogens is 258 g/mol. The first-order valence-corrected chi connectivity index (χ1v) is 7.10. The highest BCUT2D eigenvalue weighted by atomic mass is 16.6. The number of nitrogens with zero attached hydrogens (tertiary/aromatic N) is 3. The maximum absolute atomic E-state index is 11.8. The zero-order chi connectivity index (χ0) is 15.3. The summed E-state index contributed by atoms with van der Waals surface area (Å²) in [6, 6.07) is -0.467. The van der Waals surface area contributed by atoms with E-state index in [4.69, 9.17) is 10.3 Å². The highest BCUT2D eigenvalue weighted by Gasteiger charge is 2.40. The Morgan fingerprint density at radius 1 is 1.45 bits per heavy atom. The highest BCUT2D eigenvalue weighted by Crippen LogP contribution is 2.32. The zero-order valence-corrected chi connectivity index (χ0v) is 12.5. The zero-order valence-electron chi connectivity index (χ0n) is 12.5. The second kappa shape index (κ2) is 7.29. The summed E-state index contributed by atoms with van der Waals surface area (Å²) in [7, 11) is 0. The first-order valence-electron chi connectivity index (χ1n) is 7.10. The van der Waals surface area contributed by atoms with Crippen LogP contribution in [0.25, 0.3) is 10.4 Å². The summed E-state index contributed by atoms with van der Waals surface area (Å²) in [4.78, 5) is 25.7. The first-order chi connectivity index (χ1) is 9.40. The molecule has 0 spiro atoms. The standard InChI is InChI=1S/C14H23N3O3/c1-8(2)10(7-18)5-12(16-17-15)13-6-11(9(3)4)14(19)20-13/h7-13H,5-6H2,1-4H3/t10-,11+,12-,13+/m1/s1. The number of hydrogen-bond acceptors (Lipinski definition) is 4. The van der Waals surface area contributed by atoms with Crippen molar-refractivity contribution in [2.75, 3.05) is 0 Å². The Morgan fingerprint density at radius 3 is 2.50 bits per heavy atom. The highest BCUT2D eigenvalue weighted by molar-refractivity contribution is 5.75. The average Bonchev–Trinajstić information content (AvgIpc) is 2.76. The minimum Gasteiger partial charge on any atom is -0.462 e. The summed E-state index contributed by atoms with van der Waals surface area (Å²) in [5, 5.41) is 3.75. The predicted molar refractivity (Wildman–Crippen MR) is 74.8 cm³/mol. The molecule has 0 bridgehead atoms. The molecule has 112 valence electrons. The molecule has 0 aromatic heterocycles. The van der Waals surface area contributed by atoms with Crippen LogP contribution >= 0.6 is 0 Å². The summed E-state index contributed by atoms with van der Waals surface area (Å²) in [6.45, 7) is 7.84. The lowest BCUT2D eigenvalue weighted by atomic mass is 9.86. The lowest BCUT2D eigenvalue weighted by Gasteiger charge is -2.22. The molecule has 20 heavy (non-hydrogen) atoms. The van der Waals surface area contributed by atoms with Crippen LogP contribution in [-0.2, 0) is 14.3 Å². The van der Waals surface area contributed by atoms with E-state index in [1.165, 1.54) is 0 Å². The predicted octanol–water partition coefficient (Wildman–Crippen LogP) is 3.11. The average molecular weight is 281 g/mol. The van der Waals surface area contributed by atoms with Gasteiger partial charge in [0, 0.05) is 10.8 Å². The van der Waals surface area contributed by atoms with Gasteiger partial charge in [-0.3, -0.25) is 4.79 Å². The van der Waals surface area contributed by atoms with Crippen LogP contribution in [0.4, 0.5) is 0 Å². The van der Waals surface area contributed by atoms with Gasteiger partial charge in [0.1, 0.15) is 12.4 Å². The molecule has 1 saturated heterocycles. The monoisotopic (exact) mass is 281 g/mol. The third-order valence-corrected chi connectivity index (χ3v) is 4.04. The van der Waals surface area contributed by atoms with E-state index in [0.717, 1.165) is 6.29 Å². The van der Waals surface area contributed by atoms with Crippen molar-refractivity contribution in [3.05, 3.63) is 10.4 Å². The lowest BCUT2D eigenvalue weighted by Crippen LogP contribution is -2.28. The van der Waals surface area contributed by atoms with Crippen LogP contribution in [0.15, 0.2) is 5.11 Å². The Balaban J connectivity index is 2.80. The van der Waals surface area contributed by atoms with Gasteiger partial charge in [0.15, 0.2) is 0 Å². The van der Waals surface area contributed by atoms with Crippen LogP contribution in [0.2, 0.25) is 0 Å². The van der Waals surface area contributed by atoms with Crippen molar-refractivity contribution in [3.63, 3.8) is 0 Å². The Labute approximate surface area is 119 Å². The van der Waals surface area contributed by atoms with Gasteiger partial charge in [0.05, 0.1) is 12.0 Å². The van der Waals surface area contributed by atoms with Crippen molar-refractivity contribution in [3.8, 4) is 0 Å². The number of ether oxygens (including phenoxy) is 1. The minimum atomic E-state index is -0.467. The van der Waals surface area contributed by atoms with Gasteiger partial charge in [0.25, 0.3) is 0 Å². The molecule has 1 fully saturated rings. The molecule has 1 heterocycles. The van der Waals surface area contributed by atoms with E-state index in [0.29, 0.717) is 12.8 Å². The molecule has 6 nitrogen and oxygen atoms in total. The SMILES string of the molecule is CC(C)[C@@H]1C[C@@H]([C@@H](C[C@H](C=O)C(C)C)N=[N+]=[N-])OC1=O. The number of cyclic esters (lactones) is 1. The van der Waals surface area contributed by atoms with E-state index in [1.807, 2.05) is 27.7 Å². The van der Waals surface area contributed by atoms with E-state index in [1.54, 1.807) is 0 Å². The van der Waals surface area contributed by atoms with E-state index in [-0.39, 0.29) is 29.6 Å². The van der Waals surface area contributed by atoms with E-state index in [9.17, 15) is 9.59 Å². The van der Waals surface area contributed by atoms with Gasteiger partial charge in [-0.1, -0.05) is 32.8 Å². The minimum absolute atomic E-state index is 0.148.